The van der Waals surface area contributed by atoms with E-state index in [0.717, 1.165) is 0 Å². The molecule has 0 aliphatic heterocycles. The zero-order valence-corrected chi connectivity index (χ0v) is 10.3. The molecule has 15 heavy (non-hydrogen) atoms. The first-order valence-electron chi connectivity index (χ1n) is 3.74. The highest BCUT2D eigenvalue weighted by Crippen LogP contribution is 2.27. The normalized spacial score (nSPS) is 10.7. The number of carboxylic acid groups (broad SMARTS) is 1. The standard InChI is InChI=1S/C8H5Br2F2NO2/c9-2-3-1-4(8(14)15)5(7(11)12)13-6(3)10/h1,7H,2H2,(H,14,15). The van der Waals surface area contributed by atoms with Gasteiger partial charge in [-0.05, 0) is 27.6 Å². The van der Waals surface area contributed by atoms with Gasteiger partial charge in [0.25, 0.3) is 6.43 Å². The molecule has 1 N–H and O–H groups in total. The van der Waals surface area contributed by atoms with E-state index in [2.05, 4.69) is 36.8 Å². The van der Waals surface area contributed by atoms with Crippen LogP contribution in [0.5, 0.6) is 0 Å². The average Bonchev–Trinajstić information content (AvgIpc) is 2.16. The number of halogens is 4. The topological polar surface area (TPSA) is 50.2 Å². The number of pyridine rings is 1. The van der Waals surface area contributed by atoms with Gasteiger partial charge in [0.05, 0.1) is 5.56 Å². The number of carboxylic acids is 1. The number of rotatable bonds is 3. The van der Waals surface area contributed by atoms with E-state index in [-0.39, 0.29) is 4.60 Å². The van der Waals surface area contributed by atoms with Gasteiger partial charge in [-0.1, -0.05) is 15.9 Å². The largest absolute Gasteiger partial charge is 0.478 e. The fraction of sp³-hybridized carbons (Fsp3) is 0.250. The van der Waals surface area contributed by atoms with E-state index >= 15 is 0 Å². The molecule has 0 spiro atoms. The van der Waals surface area contributed by atoms with Gasteiger partial charge in [0.2, 0.25) is 0 Å². The third-order valence-electron chi connectivity index (χ3n) is 1.66. The number of hydrogen-bond donors (Lipinski definition) is 1. The lowest BCUT2D eigenvalue weighted by Gasteiger charge is -2.07. The minimum absolute atomic E-state index is 0.222. The van der Waals surface area contributed by atoms with E-state index in [9.17, 15) is 13.6 Å². The lowest BCUT2D eigenvalue weighted by molar-refractivity contribution is 0.0682. The molecule has 0 aromatic carbocycles. The number of aromatic nitrogens is 1. The van der Waals surface area contributed by atoms with Gasteiger partial charge in [0, 0.05) is 5.33 Å². The molecule has 82 valence electrons. The van der Waals surface area contributed by atoms with Gasteiger partial charge in [-0.25, -0.2) is 18.6 Å². The molecule has 0 bridgehead atoms. The zero-order chi connectivity index (χ0) is 11.6. The molecule has 0 amide bonds. The van der Waals surface area contributed by atoms with Crippen LogP contribution in [0.1, 0.15) is 28.0 Å². The second kappa shape index (κ2) is 4.98. The molecule has 0 atom stereocenters. The summed E-state index contributed by atoms with van der Waals surface area (Å²) in [5, 5.41) is 9.06. The van der Waals surface area contributed by atoms with Gasteiger partial charge in [-0.2, -0.15) is 0 Å². The number of hydrogen-bond acceptors (Lipinski definition) is 2. The van der Waals surface area contributed by atoms with Crippen LogP contribution in [-0.2, 0) is 5.33 Å². The minimum atomic E-state index is -2.91. The maximum atomic E-state index is 12.4. The molecule has 0 aliphatic carbocycles. The molecular formula is C8H5Br2F2NO2. The van der Waals surface area contributed by atoms with Gasteiger partial charge in [0.15, 0.2) is 0 Å². The third kappa shape index (κ3) is 2.72. The van der Waals surface area contributed by atoms with Crippen molar-refractivity contribution in [1.82, 2.24) is 4.98 Å². The zero-order valence-electron chi connectivity index (χ0n) is 7.18. The molecule has 0 fully saturated rings. The number of aromatic carboxylic acids is 1. The van der Waals surface area contributed by atoms with Crippen molar-refractivity contribution in [3.63, 3.8) is 0 Å². The van der Waals surface area contributed by atoms with Crippen molar-refractivity contribution in [1.29, 1.82) is 0 Å². The number of alkyl halides is 3. The van der Waals surface area contributed by atoms with Crippen LogP contribution in [-0.4, -0.2) is 16.1 Å². The van der Waals surface area contributed by atoms with E-state index < -0.39 is 23.7 Å². The Balaban J connectivity index is 3.39. The molecule has 0 radical (unpaired) electrons. The summed E-state index contributed by atoms with van der Waals surface area (Å²) in [5.74, 6) is -1.41. The van der Waals surface area contributed by atoms with E-state index in [4.69, 9.17) is 5.11 Å². The fourth-order valence-corrected chi connectivity index (χ4v) is 2.23. The summed E-state index contributed by atoms with van der Waals surface area (Å²) in [4.78, 5) is 14.2. The Morgan fingerprint density at radius 3 is 2.60 bits per heavy atom. The molecule has 0 aliphatic rings. The van der Waals surface area contributed by atoms with Gasteiger partial charge >= 0.3 is 5.97 Å². The van der Waals surface area contributed by atoms with Gasteiger partial charge in [0.1, 0.15) is 10.3 Å². The number of nitrogens with zero attached hydrogens (tertiary/aromatic N) is 1. The van der Waals surface area contributed by atoms with Crippen LogP contribution < -0.4 is 0 Å². The van der Waals surface area contributed by atoms with Crippen molar-refractivity contribution in [3.8, 4) is 0 Å². The molecule has 1 heterocycles. The fourth-order valence-electron chi connectivity index (χ4n) is 0.977. The summed E-state index contributed by atoms with van der Waals surface area (Å²) in [7, 11) is 0. The lowest BCUT2D eigenvalue weighted by Crippen LogP contribution is -2.07. The van der Waals surface area contributed by atoms with Crippen LogP contribution in [0.25, 0.3) is 0 Å². The van der Waals surface area contributed by atoms with E-state index in [1.165, 1.54) is 6.07 Å². The van der Waals surface area contributed by atoms with Crippen molar-refractivity contribution < 1.29 is 18.7 Å². The Bertz CT molecular complexity index is 398. The Morgan fingerprint density at radius 1 is 1.60 bits per heavy atom. The number of carbonyl (C=O) groups is 1. The Kier molecular flexibility index (Phi) is 4.15. The van der Waals surface area contributed by atoms with Crippen LogP contribution in [0.2, 0.25) is 0 Å². The molecule has 0 unspecified atom stereocenters. The molecule has 1 rings (SSSR count). The maximum absolute atomic E-state index is 12.4. The van der Waals surface area contributed by atoms with E-state index in [1.54, 1.807) is 0 Å². The monoisotopic (exact) mass is 343 g/mol. The Labute approximate surface area is 101 Å². The van der Waals surface area contributed by atoms with Gasteiger partial charge in [-0.15, -0.1) is 0 Å². The summed E-state index contributed by atoms with van der Waals surface area (Å²) in [6, 6.07) is 1.18. The van der Waals surface area contributed by atoms with Crippen molar-refractivity contribution in [2.45, 2.75) is 11.8 Å². The third-order valence-corrected chi connectivity index (χ3v) is 2.95. The summed E-state index contributed by atoms with van der Waals surface area (Å²) in [6.45, 7) is 0. The van der Waals surface area contributed by atoms with Gasteiger partial charge in [-0.3, -0.25) is 0 Å². The van der Waals surface area contributed by atoms with Crippen LogP contribution in [0.4, 0.5) is 8.78 Å². The molecule has 1 aromatic rings. The average molecular weight is 345 g/mol. The van der Waals surface area contributed by atoms with Crippen LogP contribution in [0.15, 0.2) is 10.7 Å². The van der Waals surface area contributed by atoms with Crippen molar-refractivity contribution in [2.24, 2.45) is 0 Å². The first-order valence-corrected chi connectivity index (χ1v) is 5.65. The smallest absolute Gasteiger partial charge is 0.337 e. The van der Waals surface area contributed by atoms with Crippen LogP contribution >= 0.6 is 31.9 Å². The van der Waals surface area contributed by atoms with Crippen LogP contribution in [0, 0.1) is 0 Å². The Hall–Kier alpha value is -0.560. The molecule has 1 aromatic heterocycles. The van der Waals surface area contributed by atoms with E-state index in [0.29, 0.717) is 10.9 Å². The highest BCUT2D eigenvalue weighted by atomic mass is 79.9. The maximum Gasteiger partial charge on any atom is 0.337 e. The first kappa shape index (κ1) is 12.5. The van der Waals surface area contributed by atoms with Crippen LogP contribution in [0.3, 0.4) is 0 Å². The quantitative estimate of drug-likeness (QED) is 0.675. The molecule has 7 heteroatoms. The van der Waals surface area contributed by atoms with Gasteiger partial charge < -0.3 is 5.11 Å². The molecule has 0 saturated heterocycles. The molecule has 3 nitrogen and oxygen atoms in total. The second-order valence-corrected chi connectivity index (χ2v) is 3.92. The summed E-state index contributed by atoms with van der Waals surface area (Å²) in [6.07, 6.45) is -2.91. The van der Waals surface area contributed by atoms with Crippen molar-refractivity contribution in [2.75, 3.05) is 0 Å². The first-order chi connectivity index (χ1) is 6.97. The predicted octanol–water partition coefficient (Wildman–Crippen LogP) is 3.37. The summed E-state index contributed by atoms with van der Waals surface area (Å²) in [5.41, 5.74) is -0.682. The predicted molar refractivity (Wildman–Crippen MR) is 56.5 cm³/mol. The van der Waals surface area contributed by atoms with E-state index in [1.807, 2.05) is 0 Å². The molecular weight excluding hydrogens is 340 g/mol. The minimum Gasteiger partial charge on any atom is -0.478 e. The second-order valence-electron chi connectivity index (χ2n) is 2.61. The lowest BCUT2D eigenvalue weighted by atomic mass is 10.1. The van der Waals surface area contributed by atoms with Crippen molar-refractivity contribution in [3.05, 3.63) is 27.5 Å². The summed E-state index contributed by atoms with van der Waals surface area (Å²) < 4.78 is 25.1. The highest BCUT2D eigenvalue weighted by molar-refractivity contribution is 9.10. The summed E-state index contributed by atoms with van der Waals surface area (Å²) >= 11 is 6.09. The molecule has 0 saturated carbocycles. The van der Waals surface area contributed by atoms with Crippen molar-refractivity contribution >= 4 is 37.8 Å². The SMILES string of the molecule is O=C(O)c1cc(CBr)c(Br)nc1C(F)F. The Morgan fingerprint density at radius 2 is 2.20 bits per heavy atom. The highest BCUT2D eigenvalue weighted by Gasteiger charge is 2.21.